The predicted octanol–water partition coefficient (Wildman–Crippen LogP) is 2.77. The van der Waals surface area contributed by atoms with Gasteiger partial charge in [0.1, 0.15) is 5.75 Å². The van der Waals surface area contributed by atoms with Gasteiger partial charge in [0.05, 0.1) is 0 Å². The Morgan fingerprint density at radius 1 is 1.17 bits per heavy atom. The first-order valence-electron chi connectivity index (χ1n) is 3.16. The average Bonchev–Trinajstić information content (AvgIpc) is 1.91. The minimum absolute atomic E-state index is 0.217. The van der Waals surface area contributed by atoms with Gasteiger partial charge in [0.15, 0.2) is 0 Å². The van der Waals surface area contributed by atoms with E-state index in [1.54, 1.807) is 6.07 Å². The van der Waals surface area contributed by atoms with E-state index in [1.165, 1.54) is 18.2 Å². The summed E-state index contributed by atoms with van der Waals surface area (Å²) in [5.74, 6) is -0.259. The molecule has 1 nitrogen and oxygen atoms in total. The van der Waals surface area contributed by atoms with Crippen molar-refractivity contribution in [3.8, 4) is 5.75 Å². The van der Waals surface area contributed by atoms with Gasteiger partial charge >= 0.3 is 6.36 Å². The lowest BCUT2D eigenvalue weighted by Gasteiger charge is -2.10. The van der Waals surface area contributed by atoms with Gasteiger partial charge in [0.25, 0.3) is 0 Å². The van der Waals surface area contributed by atoms with Gasteiger partial charge < -0.3 is 4.74 Å². The second-order valence-electron chi connectivity index (χ2n) is 2.16. The molecule has 0 N–H and O–H groups in total. The number of alkyl halides is 3. The zero-order valence-electron chi connectivity index (χ0n) is 6.06. The van der Waals surface area contributed by atoms with Crippen molar-refractivity contribution in [2.45, 2.75) is 6.36 Å². The Hall–Kier alpha value is -1.19. The highest BCUT2D eigenvalue weighted by Gasteiger charge is 2.31. The van der Waals surface area contributed by atoms with Crippen LogP contribution in [0.25, 0.3) is 0 Å². The molecule has 1 aromatic carbocycles. The van der Waals surface area contributed by atoms with Crippen LogP contribution in [-0.2, 0) is 0 Å². The van der Waals surface area contributed by atoms with E-state index in [9.17, 15) is 13.2 Å². The molecule has 1 aromatic rings. The lowest BCUT2D eigenvalue weighted by atomic mass is 10.2. The zero-order chi connectivity index (χ0) is 9.19. The number of benzene rings is 1. The quantitative estimate of drug-likeness (QED) is 0.637. The van der Waals surface area contributed by atoms with Crippen molar-refractivity contribution < 1.29 is 17.9 Å². The second-order valence-corrected chi connectivity index (χ2v) is 2.16. The van der Waals surface area contributed by atoms with Crippen LogP contribution in [0.5, 0.6) is 5.75 Å². The molecule has 0 saturated heterocycles. The van der Waals surface area contributed by atoms with Gasteiger partial charge in [-0.1, -0.05) is 18.2 Å². The summed E-state index contributed by atoms with van der Waals surface area (Å²) >= 11 is 0. The van der Waals surface area contributed by atoms with E-state index in [0.29, 0.717) is 0 Å². The number of hydrogen-bond acceptors (Lipinski definition) is 1. The molecule has 0 fully saturated rings. The molecule has 0 spiro atoms. The highest BCUT2D eigenvalue weighted by molar-refractivity contribution is 5.35. The first-order chi connectivity index (χ1) is 5.49. The summed E-state index contributed by atoms with van der Waals surface area (Å²) in [4.78, 5) is 0. The van der Waals surface area contributed by atoms with Crippen molar-refractivity contribution in [2.75, 3.05) is 0 Å². The molecule has 0 aliphatic heterocycles. The van der Waals surface area contributed by atoms with Gasteiger partial charge in [0.2, 0.25) is 0 Å². The van der Waals surface area contributed by atoms with Gasteiger partial charge in [-0.3, -0.25) is 0 Å². The van der Waals surface area contributed by atoms with E-state index in [-0.39, 0.29) is 11.3 Å². The Morgan fingerprint density at radius 3 is 2.25 bits per heavy atom. The van der Waals surface area contributed by atoms with Gasteiger partial charge in [0, 0.05) is 0 Å². The maximum Gasteiger partial charge on any atom is 0.573 e. The number of ether oxygens (including phenoxy) is 1. The third-order valence-corrected chi connectivity index (χ3v) is 1.20. The van der Waals surface area contributed by atoms with Crippen molar-refractivity contribution in [3.63, 3.8) is 0 Å². The molecular weight excluding hydrogens is 169 g/mol. The SMILES string of the molecule is [CH2]c1ccccc1OC(F)(F)F. The molecule has 65 valence electrons. The van der Waals surface area contributed by atoms with Crippen molar-refractivity contribution >= 4 is 0 Å². The fraction of sp³-hybridized carbons (Fsp3) is 0.125. The van der Waals surface area contributed by atoms with Crippen molar-refractivity contribution in [3.05, 3.63) is 36.8 Å². The van der Waals surface area contributed by atoms with Crippen LogP contribution in [0.15, 0.2) is 24.3 Å². The maximum atomic E-state index is 11.7. The summed E-state index contributed by atoms with van der Waals surface area (Å²) < 4.78 is 38.7. The van der Waals surface area contributed by atoms with Crippen molar-refractivity contribution in [1.82, 2.24) is 0 Å². The molecule has 0 bridgehead atoms. The van der Waals surface area contributed by atoms with Crippen LogP contribution in [0.3, 0.4) is 0 Å². The maximum absolute atomic E-state index is 11.7. The van der Waals surface area contributed by atoms with E-state index < -0.39 is 6.36 Å². The van der Waals surface area contributed by atoms with Crippen molar-refractivity contribution in [1.29, 1.82) is 0 Å². The molecule has 0 unspecified atom stereocenters. The topological polar surface area (TPSA) is 9.23 Å². The Kier molecular flexibility index (Phi) is 2.26. The third kappa shape index (κ3) is 2.45. The molecule has 0 atom stereocenters. The van der Waals surface area contributed by atoms with Crippen LogP contribution in [0.2, 0.25) is 0 Å². The Balaban J connectivity index is 2.83. The monoisotopic (exact) mass is 175 g/mol. The number of para-hydroxylation sites is 1. The van der Waals surface area contributed by atoms with Crippen LogP contribution in [0.4, 0.5) is 13.2 Å². The molecule has 0 aromatic heterocycles. The van der Waals surface area contributed by atoms with Crippen molar-refractivity contribution in [2.24, 2.45) is 0 Å². The van der Waals surface area contributed by atoms with E-state index in [1.807, 2.05) is 0 Å². The fourth-order valence-corrected chi connectivity index (χ4v) is 0.728. The van der Waals surface area contributed by atoms with Crippen LogP contribution >= 0.6 is 0 Å². The second kappa shape index (κ2) is 3.05. The average molecular weight is 175 g/mol. The molecule has 12 heavy (non-hydrogen) atoms. The molecule has 0 aliphatic rings. The summed E-state index contributed by atoms with van der Waals surface area (Å²) in [5.41, 5.74) is 0.217. The molecule has 0 amide bonds. The Morgan fingerprint density at radius 2 is 1.75 bits per heavy atom. The van der Waals surface area contributed by atoms with Crippen LogP contribution in [0.1, 0.15) is 5.56 Å². The molecule has 1 radical (unpaired) electrons. The molecule has 1 rings (SSSR count). The number of rotatable bonds is 1. The lowest BCUT2D eigenvalue weighted by molar-refractivity contribution is -0.274. The first-order valence-corrected chi connectivity index (χ1v) is 3.16. The molecule has 0 aliphatic carbocycles. The summed E-state index contributed by atoms with van der Waals surface area (Å²) in [6.07, 6.45) is -4.65. The minimum atomic E-state index is -4.65. The van der Waals surface area contributed by atoms with Gasteiger partial charge in [-0.15, -0.1) is 13.2 Å². The lowest BCUT2D eigenvalue weighted by Crippen LogP contribution is -2.17. The third-order valence-electron chi connectivity index (χ3n) is 1.20. The fourth-order valence-electron chi connectivity index (χ4n) is 0.728. The first kappa shape index (κ1) is 8.90. The zero-order valence-corrected chi connectivity index (χ0v) is 6.06. The smallest absolute Gasteiger partial charge is 0.406 e. The molecular formula is C8H6F3O. The summed E-state index contributed by atoms with van der Waals surface area (Å²) in [6, 6.07) is 5.71. The van der Waals surface area contributed by atoms with Crippen LogP contribution in [-0.4, -0.2) is 6.36 Å². The van der Waals surface area contributed by atoms with E-state index in [2.05, 4.69) is 11.7 Å². The summed E-state index contributed by atoms with van der Waals surface area (Å²) in [7, 11) is 0. The van der Waals surface area contributed by atoms with E-state index >= 15 is 0 Å². The van der Waals surface area contributed by atoms with Gasteiger partial charge in [-0.25, -0.2) is 0 Å². The highest BCUT2D eigenvalue weighted by atomic mass is 19.4. The Labute approximate surface area is 67.8 Å². The van der Waals surface area contributed by atoms with Crippen LogP contribution in [0, 0.1) is 6.92 Å². The molecule has 4 heteroatoms. The van der Waals surface area contributed by atoms with E-state index in [0.717, 1.165) is 0 Å². The normalized spacial score (nSPS) is 11.3. The van der Waals surface area contributed by atoms with E-state index in [4.69, 9.17) is 0 Å². The Bertz CT molecular complexity index is 267. The van der Waals surface area contributed by atoms with Crippen LogP contribution < -0.4 is 4.74 Å². The number of hydrogen-bond donors (Lipinski definition) is 0. The van der Waals surface area contributed by atoms with Gasteiger partial charge in [-0.2, -0.15) is 0 Å². The predicted molar refractivity (Wildman–Crippen MR) is 37.6 cm³/mol. The molecule has 0 heterocycles. The van der Waals surface area contributed by atoms with Gasteiger partial charge in [-0.05, 0) is 18.6 Å². The minimum Gasteiger partial charge on any atom is -0.406 e. The largest absolute Gasteiger partial charge is 0.573 e. The number of halogens is 3. The molecule has 0 saturated carbocycles. The highest BCUT2D eigenvalue weighted by Crippen LogP contribution is 2.24. The standard InChI is InChI=1S/C8H6F3O/c1-6-4-2-3-5-7(6)12-8(9,10)11/h2-5H,1H2. The summed E-state index contributed by atoms with van der Waals surface area (Å²) in [5, 5.41) is 0. The summed E-state index contributed by atoms with van der Waals surface area (Å²) in [6.45, 7) is 3.38.